The van der Waals surface area contributed by atoms with E-state index in [1.54, 1.807) is 23.2 Å². The topological polar surface area (TPSA) is 78.1 Å². The Bertz CT molecular complexity index is 1140. The number of carbonyl (C=O) groups excluding carboxylic acids is 2. The van der Waals surface area contributed by atoms with Crippen LogP contribution >= 0.6 is 11.3 Å². The molecule has 3 heterocycles. The van der Waals surface area contributed by atoms with Crippen molar-refractivity contribution in [3.05, 3.63) is 63.1 Å². The maximum atomic E-state index is 13.0. The van der Waals surface area contributed by atoms with Crippen molar-refractivity contribution in [2.75, 3.05) is 13.1 Å². The zero-order chi connectivity index (χ0) is 22.2. The summed E-state index contributed by atoms with van der Waals surface area (Å²) in [5.74, 6) is -0.605. The summed E-state index contributed by atoms with van der Waals surface area (Å²) >= 11 is 1.68. The molecule has 0 bridgehead atoms. The second kappa shape index (κ2) is 8.18. The van der Waals surface area contributed by atoms with E-state index in [2.05, 4.69) is 15.3 Å². The van der Waals surface area contributed by atoms with Crippen molar-refractivity contribution in [3.63, 3.8) is 0 Å². The highest BCUT2D eigenvalue weighted by Gasteiger charge is 2.31. The number of H-pyrrole nitrogens is 1. The van der Waals surface area contributed by atoms with Gasteiger partial charge in [-0.05, 0) is 42.5 Å². The number of aromatic amines is 1. The Morgan fingerprint density at radius 3 is 2.87 bits per heavy atom. The molecule has 162 valence electrons. The van der Waals surface area contributed by atoms with Crippen molar-refractivity contribution in [2.24, 2.45) is 0 Å². The standard InChI is InChI=1S/C21H19F3N4O2S/c1-12-18(27-19(26-12)13-3-2-4-15(9-13)21(22,23)24)20(30)25-10-17(29)28-7-5-16-14(11-28)6-8-31-16/h2-4,6,8-9H,5,7,10-11H2,1H3,(H,25,30)(H,26,27). The first kappa shape index (κ1) is 21.1. The number of imidazole rings is 1. The summed E-state index contributed by atoms with van der Waals surface area (Å²) < 4.78 is 38.9. The van der Waals surface area contributed by atoms with E-state index in [9.17, 15) is 22.8 Å². The fourth-order valence-electron chi connectivity index (χ4n) is 3.47. The molecule has 0 fully saturated rings. The Hall–Kier alpha value is -3.14. The number of carbonyl (C=O) groups is 2. The lowest BCUT2D eigenvalue weighted by atomic mass is 10.1. The molecule has 10 heteroatoms. The van der Waals surface area contributed by atoms with Gasteiger partial charge < -0.3 is 15.2 Å². The summed E-state index contributed by atoms with van der Waals surface area (Å²) in [5, 5.41) is 4.57. The Labute approximate surface area is 180 Å². The fraction of sp³-hybridized carbons (Fsp3) is 0.286. The van der Waals surface area contributed by atoms with Gasteiger partial charge in [0.1, 0.15) is 11.5 Å². The van der Waals surface area contributed by atoms with Gasteiger partial charge in [-0.1, -0.05) is 12.1 Å². The molecule has 0 saturated carbocycles. The number of alkyl halides is 3. The van der Waals surface area contributed by atoms with Gasteiger partial charge in [0.15, 0.2) is 0 Å². The van der Waals surface area contributed by atoms with Gasteiger partial charge in [0, 0.05) is 29.2 Å². The predicted molar refractivity (Wildman–Crippen MR) is 110 cm³/mol. The van der Waals surface area contributed by atoms with Crippen LogP contribution in [0, 0.1) is 6.92 Å². The van der Waals surface area contributed by atoms with Crippen molar-refractivity contribution in [2.45, 2.75) is 26.1 Å². The van der Waals surface area contributed by atoms with E-state index in [1.165, 1.54) is 17.0 Å². The predicted octanol–water partition coefficient (Wildman–Crippen LogP) is 3.78. The Morgan fingerprint density at radius 2 is 2.10 bits per heavy atom. The highest BCUT2D eigenvalue weighted by Crippen LogP contribution is 2.31. The number of amides is 2. The molecule has 3 aromatic rings. The van der Waals surface area contributed by atoms with E-state index in [-0.39, 0.29) is 29.5 Å². The first-order chi connectivity index (χ1) is 14.7. The molecular weight excluding hydrogens is 429 g/mol. The molecule has 2 N–H and O–H groups in total. The average molecular weight is 448 g/mol. The minimum absolute atomic E-state index is 0.0407. The van der Waals surface area contributed by atoms with Crippen LogP contribution in [0.4, 0.5) is 13.2 Å². The SMILES string of the molecule is Cc1[nH]c(-c2cccc(C(F)(F)F)c2)nc1C(=O)NCC(=O)N1CCc2sccc2C1. The summed E-state index contributed by atoms with van der Waals surface area (Å²) in [7, 11) is 0. The molecule has 0 spiro atoms. The van der Waals surface area contributed by atoms with Crippen LogP contribution in [0.5, 0.6) is 0 Å². The maximum absolute atomic E-state index is 13.0. The number of nitrogens with one attached hydrogen (secondary N) is 2. The van der Waals surface area contributed by atoms with E-state index in [1.807, 2.05) is 11.4 Å². The van der Waals surface area contributed by atoms with Crippen molar-refractivity contribution in [3.8, 4) is 11.4 Å². The normalized spacial score (nSPS) is 13.7. The number of aryl methyl sites for hydroxylation is 1. The van der Waals surface area contributed by atoms with E-state index in [0.717, 1.165) is 24.1 Å². The van der Waals surface area contributed by atoms with Gasteiger partial charge in [0.2, 0.25) is 5.91 Å². The summed E-state index contributed by atoms with van der Waals surface area (Å²) in [6.45, 7) is 2.55. The number of hydrogen-bond acceptors (Lipinski definition) is 4. The Balaban J connectivity index is 1.42. The van der Waals surface area contributed by atoms with Crippen LogP contribution in [0.25, 0.3) is 11.4 Å². The summed E-state index contributed by atoms with van der Waals surface area (Å²) in [5.41, 5.74) is 0.987. The molecule has 6 nitrogen and oxygen atoms in total. The smallest absolute Gasteiger partial charge is 0.342 e. The molecule has 31 heavy (non-hydrogen) atoms. The van der Waals surface area contributed by atoms with Crippen LogP contribution in [-0.4, -0.2) is 39.8 Å². The second-order valence-electron chi connectivity index (χ2n) is 7.25. The van der Waals surface area contributed by atoms with Crippen molar-refractivity contribution < 1.29 is 22.8 Å². The van der Waals surface area contributed by atoms with Crippen LogP contribution in [-0.2, 0) is 23.9 Å². The number of rotatable bonds is 4. The number of hydrogen-bond donors (Lipinski definition) is 2. The van der Waals surface area contributed by atoms with Crippen molar-refractivity contribution in [1.82, 2.24) is 20.2 Å². The zero-order valence-electron chi connectivity index (χ0n) is 16.5. The molecule has 4 rings (SSSR count). The number of thiophene rings is 1. The van der Waals surface area contributed by atoms with Gasteiger partial charge in [0.05, 0.1) is 12.1 Å². The lowest BCUT2D eigenvalue weighted by Gasteiger charge is -2.27. The van der Waals surface area contributed by atoms with E-state index in [0.29, 0.717) is 18.8 Å². The Morgan fingerprint density at radius 1 is 1.29 bits per heavy atom. The zero-order valence-corrected chi connectivity index (χ0v) is 17.4. The first-order valence-corrected chi connectivity index (χ1v) is 10.5. The molecule has 2 amide bonds. The molecule has 2 aromatic heterocycles. The Kier molecular flexibility index (Phi) is 5.57. The molecule has 1 aliphatic heterocycles. The van der Waals surface area contributed by atoms with Gasteiger partial charge in [-0.3, -0.25) is 9.59 Å². The number of halogens is 3. The van der Waals surface area contributed by atoms with Gasteiger partial charge in [-0.2, -0.15) is 13.2 Å². The van der Waals surface area contributed by atoms with Gasteiger partial charge in [-0.25, -0.2) is 4.98 Å². The second-order valence-corrected chi connectivity index (χ2v) is 8.26. The summed E-state index contributed by atoms with van der Waals surface area (Å²) in [6.07, 6.45) is -3.68. The monoisotopic (exact) mass is 448 g/mol. The van der Waals surface area contributed by atoms with Crippen molar-refractivity contribution in [1.29, 1.82) is 0 Å². The molecule has 0 atom stereocenters. The number of fused-ring (bicyclic) bond motifs is 1. The number of benzene rings is 1. The van der Waals surface area contributed by atoms with Crippen LogP contribution in [0.2, 0.25) is 0 Å². The van der Waals surface area contributed by atoms with Crippen molar-refractivity contribution >= 4 is 23.2 Å². The highest BCUT2D eigenvalue weighted by atomic mass is 32.1. The summed E-state index contributed by atoms with van der Waals surface area (Å²) in [4.78, 5) is 35.0. The van der Waals surface area contributed by atoms with Gasteiger partial charge in [0.25, 0.3) is 5.91 Å². The number of aromatic nitrogens is 2. The molecule has 0 saturated heterocycles. The minimum Gasteiger partial charge on any atom is -0.342 e. The van der Waals surface area contributed by atoms with Crippen LogP contribution < -0.4 is 5.32 Å². The molecule has 1 aromatic carbocycles. The highest BCUT2D eigenvalue weighted by molar-refractivity contribution is 7.10. The van der Waals surface area contributed by atoms with Crippen LogP contribution in [0.15, 0.2) is 35.7 Å². The minimum atomic E-state index is -4.48. The molecule has 1 aliphatic rings. The van der Waals surface area contributed by atoms with E-state index in [4.69, 9.17) is 0 Å². The van der Waals surface area contributed by atoms with Gasteiger partial charge in [-0.15, -0.1) is 11.3 Å². The largest absolute Gasteiger partial charge is 0.416 e. The summed E-state index contributed by atoms with van der Waals surface area (Å²) in [6, 6.07) is 6.71. The average Bonchev–Trinajstić information content (AvgIpc) is 3.37. The third-order valence-electron chi connectivity index (χ3n) is 5.12. The molecule has 0 radical (unpaired) electrons. The lowest BCUT2D eigenvalue weighted by Crippen LogP contribution is -2.42. The molecular formula is C21H19F3N4O2S. The van der Waals surface area contributed by atoms with E-state index >= 15 is 0 Å². The maximum Gasteiger partial charge on any atom is 0.416 e. The first-order valence-electron chi connectivity index (χ1n) is 9.58. The fourth-order valence-corrected chi connectivity index (χ4v) is 4.36. The quantitative estimate of drug-likeness (QED) is 0.638. The molecule has 0 unspecified atom stereocenters. The van der Waals surface area contributed by atoms with Gasteiger partial charge >= 0.3 is 6.18 Å². The third-order valence-corrected chi connectivity index (χ3v) is 6.15. The third kappa shape index (κ3) is 4.48. The number of nitrogens with zero attached hydrogens (tertiary/aromatic N) is 2. The van der Waals surface area contributed by atoms with Crippen LogP contribution in [0.1, 0.15) is 32.2 Å². The van der Waals surface area contributed by atoms with E-state index < -0.39 is 17.6 Å². The lowest BCUT2D eigenvalue weighted by molar-refractivity contribution is -0.137. The molecule has 0 aliphatic carbocycles. The van der Waals surface area contributed by atoms with Crippen LogP contribution in [0.3, 0.4) is 0 Å².